The molecule has 4 fully saturated rings. The van der Waals surface area contributed by atoms with E-state index in [1.54, 1.807) is 12.1 Å². The number of ether oxygens (including phenoxy) is 2. The average Bonchev–Trinajstić information content (AvgIpc) is 3.68. The molecule has 6 nitrogen and oxygen atoms in total. The second-order valence-electron chi connectivity index (χ2n) is 11.2. The number of benzene rings is 2. The van der Waals surface area contributed by atoms with E-state index in [4.69, 9.17) is 37.2 Å². The van der Waals surface area contributed by atoms with Gasteiger partial charge in [0, 0.05) is 28.0 Å². The van der Waals surface area contributed by atoms with Gasteiger partial charge >= 0.3 is 5.97 Å². The molecule has 0 amide bonds. The van der Waals surface area contributed by atoms with Crippen LogP contribution in [0, 0.1) is 12.3 Å². The number of nitrogens with zero attached hydrogens (tertiary/aromatic N) is 1. The Morgan fingerprint density at radius 1 is 1.05 bits per heavy atom. The Morgan fingerprint density at radius 2 is 1.71 bits per heavy atom. The molecule has 4 aliphatic rings. The Morgan fingerprint density at radius 3 is 2.34 bits per heavy atom. The van der Waals surface area contributed by atoms with Gasteiger partial charge in [0.05, 0.1) is 34.4 Å². The predicted octanol–water partition coefficient (Wildman–Crippen LogP) is 8.22. The number of fused-ring (bicyclic) bond motifs is 3. The molecule has 4 aliphatic carbocycles. The van der Waals surface area contributed by atoms with Crippen molar-refractivity contribution in [2.24, 2.45) is 5.41 Å². The van der Waals surface area contributed by atoms with Gasteiger partial charge in [0.25, 0.3) is 0 Å². The summed E-state index contributed by atoms with van der Waals surface area (Å²) >= 11 is 13.1. The van der Waals surface area contributed by atoms with Gasteiger partial charge in [-0.25, -0.2) is 4.79 Å². The van der Waals surface area contributed by atoms with Gasteiger partial charge in [0.2, 0.25) is 0 Å². The zero-order chi connectivity index (χ0) is 26.5. The lowest BCUT2D eigenvalue weighted by molar-refractivity contribution is -0.150. The van der Waals surface area contributed by atoms with Crippen molar-refractivity contribution in [3.8, 4) is 17.0 Å². The van der Waals surface area contributed by atoms with E-state index in [9.17, 15) is 9.90 Å². The average molecular weight is 556 g/mol. The molecular formula is C30H31Cl2NO5. The first kappa shape index (κ1) is 25.7. The lowest BCUT2D eigenvalue weighted by atomic mass is 9.59. The van der Waals surface area contributed by atoms with Crippen LogP contribution < -0.4 is 4.74 Å². The molecule has 0 saturated heterocycles. The summed E-state index contributed by atoms with van der Waals surface area (Å²) in [7, 11) is 0. The maximum Gasteiger partial charge on any atom is 0.336 e. The highest BCUT2D eigenvalue weighted by molar-refractivity contribution is 6.39. The van der Waals surface area contributed by atoms with Crippen molar-refractivity contribution in [3.05, 3.63) is 68.9 Å². The Bertz CT molecular complexity index is 1330. The van der Waals surface area contributed by atoms with Gasteiger partial charge < -0.3 is 19.1 Å². The van der Waals surface area contributed by atoms with Gasteiger partial charge in [-0.3, -0.25) is 0 Å². The van der Waals surface area contributed by atoms with Crippen LogP contribution in [0.1, 0.15) is 84.5 Å². The molecule has 3 aromatic rings. The van der Waals surface area contributed by atoms with Crippen molar-refractivity contribution in [2.75, 3.05) is 6.61 Å². The zero-order valence-corrected chi connectivity index (χ0v) is 22.9. The van der Waals surface area contributed by atoms with Crippen molar-refractivity contribution < 1.29 is 23.9 Å². The molecule has 1 aromatic heterocycles. The van der Waals surface area contributed by atoms with E-state index >= 15 is 0 Å². The normalized spacial score (nSPS) is 24.5. The number of hydrogen-bond donors (Lipinski definition) is 1. The van der Waals surface area contributed by atoms with E-state index in [1.807, 2.05) is 31.2 Å². The molecule has 0 aliphatic heterocycles. The minimum atomic E-state index is -0.930. The summed E-state index contributed by atoms with van der Waals surface area (Å²) in [6.45, 7) is 2.83. The largest absolute Gasteiger partial charge is 0.493 e. The lowest BCUT2D eigenvalue weighted by Crippen LogP contribution is -2.49. The number of halogens is 2. The summed E-state index contributed by atoms with van der Waals surface area (Å²) in [5.41, 5.74) is 3.26. The van der Waals surface area contributed by atoms with Crippen LogP contribution >= 0.6 is 23.2 Å². The monoisotopic (exact) mass is 555 g/mol. The first-order valence-electron chi connectivity index (χ1n) is 13.3. The highest BCUT2D eigenvalue weighted by Crippen LogP contribution is 2.55. The number of carboxylic acids is 1. The van der Waals surface area contributed by atoms with E-state index in [0.717, 1.165) is 62.7 Å². The van der Waals surface area contributed by atoms with Crippen molar-refractivity contribution in [1.29, 1.82) is 0 Å². The molecule has 8 heteroatoms. The molecule has 4 saturated carbocycles. The van der Waals surface area contributed by atoms with E-state index in [-0.39, 0.29) is 16.6 Å². The fraction of sp³-hybridized carbons (Fsp3) is 0.467. The first-order valence-corrected chi connectivity index (χ1v) is 14.1. The maximum absolute atomic E-state index is 11.5. The highest BCUT2D eigenvalue weighted by atomic mass is 35.5. The quantitative estimate of drug-likeness (QED) is 0.286. The van der Waals surface area contributed by atoms with Crippen LogP contribution in [0.4, 0.5) is 0 Å². The minimum Gasteiger partial charge on any atom is -0.493 e. The third-order valence-corrected chi connectivity index (χ3v) is 9.50. The Labute approximate surface area is 232 Å². The number of aromatic nitrogens is 1. The van der Waals surface area contributed by atoms with Crippen molar-refractivity contribution in [1.82, 2.24) is 5.16 Å². The summed E-state index contributed by atoms with van der Waals surface area (Å²) in [4.78, 5) is 11.5. The van der Waals surface area contributed by atoms with Gasteiger partial charge in [-0.15, -0.1) is 0 Å². The molecule has 1 N–H and O–H groups in total. The summed E-state index contributed by atoms with van der Waals surface area (Å²) in [6.07, 6.45) is 8.16. The molecule has 0 atom stereocenters. The number of carboxylic acid groups (broad SMARTS) is 1. The number of rotatable bonds is 9. The van der Waals surface area contributed by atoms with Crippen molar-refractivity contribution >= 4 is 29.2 Å². The van der Waals surface area contributed by atoms with Crippen LogP contribution in [-0.4, -0.2) is 28.4 Å². The van der Waals surface area contributed by atoms with Gasteiger partial charge in [-0.2, -0.15) is 0 Å². The number of carbonyl (C=O) groups is 1. The second kappa shape index (κ2) is 9.89. The van der Waals surface area contributed by atoms with E-state index in [1.165, 1.54) is 0 Å². The molecule has 2 aromatic carbocycles. The Balaban J connectivity index is 1.14. The van der Waals surface area contributed by atoms with E-state index < -0.39 is 5.97 Å². The van der Waals surface area contributed by atoms with Gasteiger partial charge in [-0.1, -0.05) is 40.5 Å². The standard InChI is InChI=1S/C30H31Cl2NO5/c1-18-20(28(34)35)4-2-7-24(18)36-17-29-10-13-30(14-11-29,15-12-29)37-16-21-26(33-38-27(21)19-8-9-19)25-22(31)5-3-6-23(25)32/h2-7,19H,8-17H2,1H3,(H,34,35). The summed E-state index contributed by atoms with van der Waals surface area (Å²) in [5.74, 6) is 1.02. The van der Waals surface area contributed by atoms with Gasteiger partial charge in [0.15, 0.2) is 0 Å². The van der Waals surface area contributed by atoms with Crippen LogP contribution in [0.25, 0.3) is 11.3 Å². The lowest BCUT2D eigenvalue weighted by Gasteiger charge is -2.52. The maximum atomic E-state index is 11.5. The molecule has 200 valence electrons. The molecule has 38 heavy (non-hydrogen) atoms. The number of aromatic carboxylic acids is 1. The number of hydrogen-bond acceptors (Lipinski definition) is 5. The topological polar surface area (TPSA) is 81.8 Å². The fourth-order valence-corrected chi connectivity index (χ4v) is 6.75. The molecule has 2 bridgehead atoms. The van der Waals surface area contributed by atoms with Crippen LogP contribution in [0.2, 0.25) is 10.0 Å². The smallest absolute Gasteiger partial charge is 0.336 e. The molecule has 1 heterocycles. The third kappa shape index (κ3) is 4.72. The summed E-state index contributed by atoms with van der Waals surface area (Å²) in [5, 5.41) is 14.9. The Hall–Kier alpha value is -2.54. The first-order chi connectivity index (χ1) is 18.3. The zero-order valence-electron chi connectivity index (χ0n) is 21.4. The minimum absolute atomic E-state index is 0.101. The van der Waals surface area contributed by atoms with Crippen LogP contribution in [0.3, 0.4) is 0 Å². The molecule has 0 radical (unpaired) electrons. The van der Waals surface area contributed by atoms with Crippen molar-refractivity contribution in [3.63, 3.8) is 0 Å². The Kier molecular flexibility index (Phi) is 6.69. The van der Waals surface area contributed by atoms with Gasteiger partial charge in [0.1, 0.15) is 17.2 Å². The molecule has 7 rings (SSSR count). The second-order valence-corrected chi connectivity index (χ2v) is 12.1. The van der Waals surface area contributed by atoms with Gasteiger partial charge in [-0.05, 0) is 82.6 Å². The third-order valence-electron chi connectivity index (χ3n) is 8.87. The highest BCUT2D eigenvalue weighted by Gasteiger charge is 2.50. The fourth-order valence-electron chi connectivity index (χ4n) is 6.17. The molecular weight excluding hydrogens is 525 g/mol. The van der Waals surface area contributed by atoms with Crippen LogP contribution in [0.15, 0.2) is 40.9 Å². The molecule has 0 spiro atoms. The summed E-state index contributed by atoms with van der Waals surface area (Å²) in [6, 6.07) is 10.7. The SMILES string of the molecule is Cc1c(OCC23CCC(OCc4c(-c5c(Cl)cccc5Cl)noc4C4CC4)(CC2)CC3)cccc1C(=O)O. The van der Waals surface area contributed by atoms with Crippen LogP contribution in [0.5, 0.6) is 5.75 Å². The van der Waals surface area contributed by atoms with Crippen LogP contribution in [-0.2, 0) is 11.3 Å². The summed E-state index contributed by atoms with van der Waals surface area (Å²) < 4.78 is 18.8. The molecule has 0 unspecified atom stereocenters. The van der Waals surface area contributed by atoms with Crippen molar-refractivity contribution in [2.45, 2.75) is 76.4 Å². The predicted molar refractivity (Wildman–Crippen MR) is 145 cm³/mol. The van der Waals surface area contributed by atoms with E-state index in [0.29, 0.717) is 51.7 Å². The van der Waals surface area contributed by atoms with E-state index in [2.05, 4.69) is 5.16 Å².